The molecule has 3 heterocycles. The number of hydrogen-bond acceptors (Lipinski definition) is 7. The normalized spacial score (nSPS) is 24.1. The molecule has 1 saturated heterocycles. The molecule has 2 aromatic rings. The van der Waals surface area contributed by atoms with Gasteiger partial charge in [0.05, 0.1) is 12.4 Å². The van der Waals surface area contributed by atoms with Gasteiger partial charge < -0.3 is 20.7 Å². The van der Waals surface area contributed by atoms with Gasteiger partial charge in [-0.1, -0.05) is 48.5 Å². The maximum atomic E-state index is 11.7. The topological polar surface area (TPSA) is 139 Å². The van der Waals surface area contributed by atoms with E-state index in [0.29, 0.717) is 6.42 Å². The smallest absolute Gasteiger partial charge is 0.280 e. The van der Waals surface area contributed by atoms with Crippen molar-refractivity contribution in [1.29, 1.82) is 0 Å². The van der Waals surface area contributed by atoms with Gasteiger partial charge in [0.15, 0.2) is 17.4 Å². The van der Waals surface area contributed by atoms with E-state index in [-0.39, 0.29) is 17.1 Å². The summed E-state index contributed by atoms with van der Waals surface area (Å²) in [5.41, 5.74) is 5.35. The van der Waals surface area contributed by atoms with Crippen molar-refractivity contribution in [3.63, 3.8) is 0 Å². The maximum absolute atomic E-state index is 11.7. The van der Waals surface area contributed by atoms with E-state index in [1.54, 1.807) is 0 Å². The molecule has 160 valence electrons. The highest BCUT2D eigenvalue weighted by Gasteiger charge is 2.43. The van der Waals surface area contributed by atoms with Gasteiger partial charge in [-0.05, 0) is 18.3 Å². The lowest BCUT2D eigenvalue weighted by Crippen LogP contribution is -2.31. The molecule has 0 amide bonds. The molecule has 4 atom stereocenters. The number of aromatic nitrogens is 4. The fourth-order valence-electron chi connectivity index (χ4n) is 2.43. The van der Waals surface area contributed by atoms with Crippen LogP contribution in [0.4, 0.5) is 5.95 Å². The maximum Gasteiger partial charge on any atom is 0.280 e. The number of aromatic amines is 1. The molecule has 2 aromatic heterocycles. The molecule has 9 nitrogen and oxygen atoms in total. The van der Waals surface area contributed by atoms with E-state index in [0.717, 1.165) is 11.8 Å². The summed E-state index contributed by atoms with van der Waals surface area (Å²) in [6.07, 6.45) is -1.57. The minimum absolute atomic E-state index is 0.0515. The van der Waals surface area contributed by atoms with Crippen LogP contribution in [0.15, 0.2) is 11.1 Å². The lowest BCUT2D eigenvalue weighted by molar-refractivity contribution is -0.0355. The minimum atomic E-state index is -1.13. The lowest BCUT2D eigenvalue weighted by Gasteiger charge is -2.16. The van der Waals surface area contributed by atoms with Gasteiger partial charge in [0.2, 0.25) is 5.95 Å². The molecule has 3 rings (SSSR count). The fourth-order valence-corrected chi connectivity index (χ4v) is 2.43. The summed E-state index contributed by atoms with van der Waals surface area (Å²) >= 11 is 0. The first-order valence-electron chi connectivity index (χ1n) is 9.91. The van der Waals surface area contributed by atoms with Crippen LogP contribution in [0.3, 0.4) is 0 Å². The SMILES string of the molecule is CC.CC(C)C(C)C.CCC1OC(n2cnc3c(=O)[nH]c(N)nc32)C(O)C1O. The summed E-state index contributed by atoms with van der Waals surface area (Å²) in [7, 11) is 0. The van der Waals surface area contributed by atoms with Crippen molar-refractivity contribution in [1.82, 2.24) is 19.5 Å². The number of nitrogens with one attached hydrogen (secondary N) is 1. The molecule has 0 radical (unpaired) electrons. The van der Waals surface area contributed by atoms with Gasteiger partial charge in [-0.25, -0.2) is 4.98 Å². The van der Waals surface area contributed by atoms with Crippen LogP contribution in [-0.2, 0) is 4.74 Å². The van der Waals surface area contributed by atoms with Crippen LogP contribution in [0.1, 0.15) is 61.1 Å². The third kappa shape index (κ3) is 5.30. The van der Waals surface area contributed by atoms with E-state index < -0.39 is 30.1 Å². The second kappa shape index (κ2) is 10.5. The van der Waals surface area contributed by atoms with Crippen molar-refractivity contribution in [3.05, 3.63) is 16.7 Å². The molecule has 1 aliphatic heterocycles. The van der Waals surface area contributed by atoms with Crippen LogP contribution in [0, 0.1) is 11.8 Å². The van der Waals surface area contributed by atoms with E-state index in [4.69, 9.17) is 10.5 Å². The number of H-pyrrole nitrogens is 1. The molecular formula is C19H35N5O4. The second-order valence-corrected chi connectivity index (χ2v) is 7.22. The molecule has 1 aliphatic rings. The Morgan fingerprint density at radius 3 is 2.25 bits per heavy atom. The number of aliphatic hydroxyl groups excluding tert-OH is 2. The highest BCUT2D eigenvalue weighted by molar-refractivity contribution is 5.70. The minimum Gasteiger partial charge on any atom is -0.388 e. The lowest BCUT2D eigenvalue weighted by atomic mass is 10.0. The summed E-state index contributed by atoms with van der Waals surface area (Å²) in [6, 6.07) is 0. The molecule has 0 spiro atoms. The standard InChI is InChI=1S/C11H15N5O4.C6H14.C2H6/c1-2-4-6(17)7(18)10(20-4)16-3-13-5-8(16)14-11(12)15-9(5)19;1-5(2)6(3)4;1-2/h3-4,6-7,10,17-18H,2H2,1H3,(H3,12,14,15,19);5-6H,1-4H3;1-2H3. The molecule has 0 aliphatic carbocycles. The Hall–Kier alpha value is -1.97. The zero-order chi connectivity index (χ0) is 21.6. The number of hydrogen-bond donors (Lipinski definition) is 4. The average Bonchev–Trinajstić information content (AvgIpc) is 3.19. The Balaban J connectivity index is 0.000000422. The number of ether oxygens (including phenoxy) is 1. The van der Waals surface area contributed by atoms with Crippen molar-refractivity contribution in [2.45, 2.75) is 79.4 Å². The first-order chi connectivity index (χ1) is 13.2. The quantitative estimate of drug-likeness (QED) is 0.621. The van der Waals surface area contributed by atoms with Crippen LogP contribution in [-0.4, -0.2) is 48.0 Å². The van der Waals surface area contributed by atoms with Gasteiger partial charge in [0.25, 0.3) is 5.56 Å². The number of imidazole rings is 1. The molecule has 9 heteroatoms. The van der Waals surface area contributed by atoms with Crippen molar-refractivity contribution < 1.29 is 14.9 Å². The highest BCUT2D eigenvalue weighted by Crippen LogP contribution is 2.32. The number of rotatable bonds is 3. The van der Waals surface area contributed by atoms with E-state index in [1.165, 1.54) is 10.9 Å². The molecule has 0 bridgehead atoms. The predicted octanol–water partition coefficient (Wildman–Crippen LogP) is 2.06. The van der Waals surface area contributed by atoms with E-state index in [9.17, 15) is 15.0 Å². The average molecular weight is 398 g/mol. The van der Waals surface area contributed by atoms with Gasteiger partial charge >= 0.3 is 0 Å². The zero-order valence-corrected chi connectivity index (χ0v) is 17.9. The van der Waals surface area contributed by atoms with Gasteiger partial charge in [-0.2, -0.15) is 4.98 Å². The van der Waals surface area contributed by atoms with Crippen LogP contribution in [0.25, 0.3) is 11.2 Å². The Morgan fingerprint density at radius 2 is 1.79 bits per heavy atom. The van der Waals surface area contributed by atoms with E-state index in [1.807, 2.05) is 20.8 Å². The number of nitrogen functional groups attached to an aromatic ring is 1. The van der Waals surface area contributed by atoms with Crippen molar-refractivity contribution in [2.75, 3.05) is 5.73 Å². The first-order valence-corrected chi connectivity index (χ1v) is 9.91. The third-order valence-corrected chi connectivity index (χ3v) is 4.80. The van der Waals surface area contributed by atoms with Gasteiger partial charge in [-0.15, -0.1) is 0 Å². The molecule has 4 unspecified atom stereocenters. The fraction of sp³-hybridized carbons (Fsp3) is 0.737. The Kier molecular flexibility index (Phi) is 9.06. The Bertz CT molecular complexity index is 780. The Morgan fingerprint density at radius 1 is 1.21 bits per heavy atom. The Labute approximate surface area is 166 Å². The zero-order valence-electron chi connectivity index (χ0n) is 17.9. The number of anilines is 1. The van der Waals surface area contributed by atoms with E-state index in [2.05, 4.69) is 42.6 Å². The second-order valence-electron chi connectivity index (χ2n) is 7.22. The molecule has 1 fully saturated rings. The van der Waals surface area contributed by atoms with Crippen molar-refractivity contribution >= 4 is 17.1 Å². The number of aliphatic hydroxyl groups is 2. The summed E-state index contributed by atoms with van der Waals surface area (Å²) in [6.45, 7) is 14.8. The number of nitrogens with zero attached hydrogens (tertiary/aromatic N) is 3. The van der Waals surface area contributed by atoms with Crippen molar-refractivity contribution in [2.24, 2.45) is 11.8 Å². The molecular weight excluding hydrogens is 362 g/mol. The van der Waals surface area contributed by atoms with Crippen LogP contribution in [0.2, 0.25) is 0 Å². The third-order valence-electron chi connectivity index (χ3n) is 4.80. The van der Waals surface area contributed by atoms with Gasteiger partial charge in [0, 0.05) is 0 Å². The summed E-state index contributed by atoms with van der Waals surface area (Å²) in [5, 5.41) is 19.9. The highest BCUT2D eigenvalue weighted by atomic mass is 16.6. The number of fused-ring (bicyclic) bond motifs is 1. The van der Waals surface area contributed by atoms with Gasteiger partial charge in [-0.3, -0.25) is 14.3 Å². The van der Waals surface area contributed by atoms with Crippen molar-refractivity contribution in [3.8, 4) is 0 Å². The molecule has 5 N–H and O–H groups in total. The van der Waals surface area contributed by atoms with E-state index >= 15 is 0 Å². The summed E-state index contributed by atoms with van der Waals surface area (Å²) in [4.78, 5) is 22.0. The van der Waals surface area contributed by atoms with Crippen LogP contribution in [0.5, 0.6) is 0 Å². The largest absolute Gasteiger partial charge is 0.388 e. The number of nitrogens with two attached hydrogens (primary N) is 1. The summed E-state index contributed by atoms with van der Waals surface area (Å²) in [5.74, 6) is 1.65. The first kappa shape index (κ1) is 24.1. The van der Waals surface area contributed by atoms with Crippen LogP contribution >= 0.6 is 0 Å². The molecule has 28 heavy (non-hydrogen) atoms. The van der Waals surface area contributed by atoms with Crippen LogP contribution < -0.4 is 11.3 Å². The molecule has 0 saturated carbocycles. The molecule has 0 aromatic carbocycles. The van der Waals surface area contributed by atoms with Gasteiger partial charge in [0.1, 0.15) is 12.2 Å². The monoisotopic (exact) mass is 397 g/mol. The summed E-state index contributed by atoms with van der Waals surface area (Å²) < 4.78 is 7.00. The predicted molar refractivity (Wildman–Crippen MR) is 110 cm³/mol.